The summed E-state index contributed by atoms with van der Waals surface area (Å²) in [5, 5.41) is 12.6. The molecule has 0 spiro atoms. The van der Waals surface area contributed by atoms with Crippen molar-refractivity contribution >= 4 is 51.4 Å². The summed E-state index contributed by atoms with van der Waals surface area (Å²) in [5.74, 6) is 0.502. The predicted octanol–water partition coefficient (Wildman–Crippen LogP) is 3.90. The molecule has 2 rings (SSSR count). The normalized spacial score (nSPS) is 10.5. The number of rotatable bonds is 7. The van der Waals surface area contributed by atoms with E-state index in [9.17, 15) is 4.79 Å². The van der Waals surface area contributed by atoms with Gasteiger partial charge >= 0.3 is 0 Å². The Balaban J connectivity index is 1.90. The van der Waals surface area contributed by atoms with Gasteiger partial charge in [0.25, 0.3) is 0 Å². The van der Waals surface area contributed by atoms with E-state index in [-0.39, 0.29) is 5.91 Å². The van der Waals surface area contributed by atoms with E-state index in [1.807, 2.05) is 38.1 Å². The quantitative estimate of drug-likeness (QED) is 0.762. The van der Waals surface area contributed by atoms with Crippen LogP contribution in [0.25, 0.3) is 0 Å². The molecule has 0 bridgehead atoms. The minimum absolute atomic E-state index is 0.120. The molecule has 2 aromatic rings. The molecule has 8 heteroatoms. The fourth-order valence-electron chi connectivity index (χ4n) is 1.80. The minimum Gasteiger partial charge on any atom is -0.343 e. The lowest BCUT2D eigenvalue weighted by Crippen LogP contribution is -2.31. The van der Waals surface area contributed by atoms with Gasteiger partial charge in [0.15, 0.2) is 4.34 Å². The Morgan fingerprint density at radius 1 is 1.36 bits per heavy atom. The van der Waals surface area contributed by atoms with Crippen molar-refractivity contribution in [2.24, 2.45) is 0 Å². The van der Waals surface area contributed by atoms with Crippen molar-refractivity contribution < 1.29 is 4.79 Å². The van der Waals surface area contributed by atoms with Crippen molar-refractivity contribution in [1.82, 2.24) is 15.1 Å². The fourth-order valence-corrected chi connectivity index (χ4v) is 3.66. The van der Waals surface area contributed by atoms with Gasteiger partial charge in [-0.1, -0.05) is 40.8 Å². The number of halogens is 1. The van der Waals surface area contributed by atoms with Gasteiger partial charge in [0.05, 0.1) is 5.75 Å². The number of benzene rings is 1. The molecule has 0 saturated carbocycles. The third-order valence-corrected chi connectivity index (χ3v) is 5.11. The van der Waals surface area contributed by atoms with Crippen molar-refractivity contribution in [3.63, 3.8) is 0 Å². The van der Waals surface area contributed by atoms with Crippen LogP contribution in [0, 0.1) is 0 Å². The monoisotopic (exact) mass is 356 g/mol. The molecule has 22 heavy (non-hydrogen) atoms. The topological polar surface area (TPSA) is 58.1 Å². The van der Waals surface area contributed by atoms with Crippen molar-refractivity contribution in [1.29, 1.82) is 0 Å². The van der Waals surface area contributed by atoms with Gasteiger partial charge in [0.2, 0.25) is 11.0 Å². The molecule has 1 heterocycles. The number of aromatic nitrogens is 2. The molecule has 5 nitrogen and oxygen atoms in total. The number of amides is 1. The number of hydrogen-bond donors (Lipinski definition) is 1. The Morgan fingerprint density at radius 2 is 2.14 bits per heavy atom. The predicted molar refractivity (Wildman–Crippen MR) is 93.3 cm³/mol. The highest BCUT2D eigenvalue weighted by Gasteiger charge is 2.12. The second kappa shape index (κ2) is 8.36. The molecule has 0 saturated heterocycles. The number of anilines is 2. The van der Waals surface area contributed by atoms with Crippen LogP contribution in [0.4, 0.5) is 10.8 Å². The van der Waals surface area contributed by atoms with Crippen LogP contribution < -0.4 is 5.32 Å². The van der Waals surface area contributed by atoms with Crippen molar-refractivity contribution in [2.45, 2.75) is 18.2 Å². The van der Waals surface area contributed by atoms with Gasteiger partial charge in [-0.25, -0.2) is 0 Å². The van der Waals surface area contributed by atoms with E-state index in [2.05, 4.69) is 15.5 Å². The molecule has 118 valence electrons. The number of thioether (sulfide) groups is 1. The van der Waals surface area contributed by atoms with Gasteiger partial charge in [-0.2, -0.15) is 0 Å². The largest absolute Gasteiger partial charge is 0.343 e. The van der Waals surface area contributed by atoms with Crippen LogP contribution in [0.2, 0.25) is 5.02 Å². The Bertz CT molecular complexity index is 631. The van der Waals surface area contributed by atoms with Crippen molar-refractivity contribution in [3.05, 3.63) is 29.3 Å². The average Bonchev–Trinajstić information content (AvgIpc) is 2.94. The first-order chi connectivity index (χ1) is 10.6. The Labute approximate surface area is 143 Å². The summed E-state index contributed by atoms with van der Waals surface area (Å²) >= 11 is 8.77. The van der Waals surface area contributed by atoms with Gasteiger partial charge in [-0.05, 0) is 32.0 Å². The number of carbonyl (C=O) groups excluding carboxylic acids is 1. The van der Waals surface area contributed by atoms with Gasteiger partial charge in [-0.15, -0.1) is 10.2 Å². The molecule has 1 aromatic carbocycles. The maximum absolute atomic E-state index is 11.9. The summed E-state index contributed by atoms with van der Waals surface area (Å²) in [7, 11) is 0. The van der Waals surface area contributed by atoms with Crippen LogP contribution in [0.1, 0.15) is 13.8 Å². The lowest BCUT2D eigenvalue weighted by atomic mass is 10.3. The fraction of sp³-hybridized carbons (Fsp3) is 0.357. The number of nitrogens with zero attached hydrogens (tertiary/aromatic N) is 3. The second-order valence-corrected chi connectivity index (χ2v) is 7.00. The molecule has 0 radical (unpaired) electrons. The summed E-state index contributed by atoms with van der Waals surface area (Å²) in [5.41, 5.74) is 0.861. The summed E-state index contributed by atoms with van der Waals surface area (Å²) in [6.07, 6.45) is 0. The lowest BCUT2D eigenvalue weighted by Gasteiger charge is -2.17. The zero-order chi connectivity index (χ0) is 15.9. The Kier molecular flexibility index (Phi) is 6.48. The van der Waals surface area contributed by atoms with Crippen LogP contribution in [-0.2, 0) is 4.79 Å². The molecule has 0 fully saturated rings. The van der Waals surface area contributed by atoms with Crippen molar-refractivity contribution in [3.8, 4) is 0 Å². The molecule has 0 aliphatic rings. The SMILES string of the molecule is CCN(CC)C(=O)CSc1nnc(Nc2cccc(Cl)c2)s1. The summed E-state index contributed by atoms with van der Waals surface area (Å²) in [6, 6.07) is 7.40. The van der Waals surface area contributed by atoms with Crippen LogP contribution in [0.15, 0.2) is 28.6 Å². The Hall–Kier alpha value is -1.31. The van der Waals surface area contributed by atoms with Crippen molar-refractivity contribution in [2.75, 3.05) is 24.2 Å². The number of carbonyl (C=O) groups is 1. The van der Waals surface area contributed by atoms with E-state index < -0.39 is 0 Å². The average molecular weight is 357 g/mol. The molecule has 0 aliphatic carbocycles. The van der Waals surface area contributed by atoms with E-state index in [1.165, 1.54) is 23.1 Å². The third kappa shape index (κ3) is 4.86. The highest BCUT2D eigenvalue weighted by atomic mass is 35.5. The molecule has 0 aliphatic heterocycles. The zero-order valence-corrected chi connectivity index (χ0v) is 14.8. The summed E-state index contributed by atoms with van der Waals surface area (Å²) in [6.45, 7) is 5.41. The molecule has 1 N–H and O–H groups in total. The van der Waals surface area contributed by atoms with Crippen LogP contribution in [0.5, 0.6) is 0 Å². The molecular weight excluding hydrogens is 340 g/mol. The van der Waals surface area contributed by atoms with Gasteiger partial charge in [0.1, 0.15) is 0 Å². The van der Waals surface area contributed by atoms with Crippen LogP contribution >= 0.6 is 34.7 Å². The van der Waals surface area contributed by atoms with E-state index in [0.29, 0.717) is 15.9 Å². The zero-order valence-electron chi connectivity index (χ0n) is 12.4. The number of nitrogens with one attached hydrogen (secondary N) is 1. The lowest BCUT2D eigenvalue weighted by molar-refractivity contribution is -0.127. The van der Waals surface area contributed by atoms with Crippen LogP contribution in [-0.4, -0.2) is 39.8 Å². The first kappa shape index (κ1) is 17.1. The maximum Gasteiger partial charge on any atom is 0.233 e. The molecular formula is C14H17ClN4OS2. The maximum atomic E-state index is 11.9. The van der Waals surface area contributed by atoms with Crippen LogP contribution in [0.3, 0.4) is 0 Å². The number of hydrogen-bond acceptors (Lipinski definition) is 6. The van der Waals surface area contributed by atoms with E-state index in [0.717, 1.165) is 23.1 Å². The molecule has 1 aromatic heterocycles. The molecule has 0 unspecified atom stereocenters. The van der Waals surface area contributed by atoms with Gasteiger partial charge < -0.3 is 10.2 Å². The molecule has 0 atom stereocenters. The second-order valence-electron chi connectivity index (χ2n) is 4.36. The minimum atomic E-state index is 0.120. The summed E-state index contributed by atoms with van der Waals surface area (Å²) in [4.78, 5) is 13.7. The Morgan fingerprint density at radius 3 is 2.82 bits per heavy atom. The van der Waals surface area contributed by atoms with E-state index in [1.54, 1.807) is 4.90 Å². The van der Waals surface area contributed by atoms with Gasteiger partial charge in [0, 0.05) is 23.8 Å². The molecule has 1 amide bonds. The first-order valence-corrected chi connectivity index (χ1v) is 9.07. The smallest absolute Gasteiger partial charge is 0.233 e. The van der Waals surface area contributed by atoms with E-state index in [4.69, 9.17) is 11.6 Å². The first-order valence-electron chi connectivity index (χ1n) is 6.89. The summed E-state index contributed by atoms with van der Waals surface area (Å²) < 4.78 is 0.769. The van der Waals surface area contributed by atoms with Gasteiger partial charge in [-0.3, -0.25) is 4.79 Å². The highest BCUT2D eigenvalue weighted by Crippen LogP contribution is 2.28. The third-order valence-electron chi connectivity index (χ3n) is 2.92. The highest BCUT2D eigenvalue weighted by molar-refractivity contribution is 8.01. The standard InChI is InChI=1S/C14H17ClN4OS2/c1-3-19(4-2)12(20)9-21-14-18-17-13(22-14)16-11-7-5-6-10(15)8-11/h5-8H,3-4,9H2,1-2H3,(H,16,17). The van der Waals surface area contributed by atoms with E-state index >= 15 is 0 Å².